The van der Waals surface area contributed by atoms with Crippen molar-refractivity contribution in [1.82, 2.24) is 0 Å². The van der Waals surface area contributed by atoms with Crippen molar-refractivity contribution >= 4 is 15.9 Å². The predicted molar refractivity (Wildman–Crippen MR) is 79.5 cm³/mol. The van der Waals surface area contributed by atoms with E-state index in [1.807, 2.05) is 6.07 Å². The van der Waals surface area contributed by atoms with Crippen molar-refractivity contribution in [1.29, 1.82) is 0 Å². The average Bonchev–Trinajstić information content (AvgIpc) is 2.41. The van der Waals surface area contributed by atoms with E-state index in [2.05, 4.69) is 47.1 Å². The number of methoxy groups -OCH3 is 1. The van der Waals surface area contributed by atoms with Crippen molar-refractivity contribution in [3.63, 3.8) is 0 Å². The third-order valence-electron chi connectivity index (χ3n) is 3.07. The van der Waals surface area contributed by atoms with Crippen LogP contribution in [0.3, 0.4) is 0 Å². The number of alkyl halides is 1. The smallest absolute Gasteiger partial charge is 0.165 e. The highest BCUT2D eigenvalue weighted by molar-refractivity contribution is 9.09. The average molecular weight is 323 g/mol. The molecule has 19 heavy (non-hydrogen) atoms. The first-order chi connectivity index (χ1) is 9.10. The summed E-state index contributed by atoms with van der Waals surface area (Å²) in [5.74, 6) is -0.0489. The fourth-order valence-electron chi connectivity index (χ4n) is 1.93. The second kappa shape index (κ2) is 6.20. The van der Waals surface area contributed by atoms with E-state index < -0.39 is 0 Å². The zero-order valence-corrected chi connectivity index (χ0v) is 12.6. The molecule has 0 aromatic heterocycles. The summed E-state index contributed by atoms with van der Waals surface area (Å²) in [7, 11) is 1.47. The number of ether oxygens (including phenoxy) is 1. The molecule has 0 N–H and O–H groups in total. The van der Waals surface area contributed by atoms with Gasteiger partial charge in [-0.3, -0.25) is 0 Å². The van der Waals surface area contributed by atoms with E-state index in [1.54, 1.807) is 6.07 Å². The Labute approximate surface area is 121 Å². The minimum atomic E-state index is -0.326. The Morgan fingerprint density at radius 3 is 2.42 bits per heavy atom. The van der Waals surface area contributed by atoms with Gasteiger partial charge in [-0.05, 0) is 36.6 Å². The summed E-state index contributed by atoms with van der Waals surface area (Å²) in [6, 6.07) is 13.4. The van der Waals surface area contributed by atoms with Gasteiger partial charge in [0, 0.05) is 4.83 Å². The molecular formula is C16H16BrFO. The maximum Gasteiger partial charge on any atom is 0.165 e. The molecule has 0 saturated heterocycles. The highest BCUT2D eigenvalue weighted by Crippen LogP contribution is 2.30. The Hall–Kier alpha value is -1.35. The molecule has 2 aromatic carbocycles. The molecule has 0 aliphatic carbocycles. The molecule has 0 radical (unpaired) electrons. The van der Waals surface area contributed by atoms with Gasteiger partial charge in [0.25, 0.3) is 0 Å². The third-order valence-corrected chi connectivity index (χ3v) is 3.93. The van der Waals surface area contributed by atoms with E-state index >= 15 is 0 Å². The number of halogens is 2. The molecule has 100 valence electrons. The maximum atomic E-state index is 13.7. The van der Waals surface area contributed by atoms with E-state index in [1.165, 1.54) is 24.3 Å². The lowest BCUT2D eigenvalue weighted by atomic mass is 10.0. The largest absolute Gasteiger partial charge is 0.494 e. The molecule has 2 aromatic rings. The summed E-state index contributed by atoms with van der Waals surface area (Å²) >= 11 is 3.61. The standard InChI is InChI=1S/C16H16BrFO/c1-11-3-5-12(6-4-11)9-14(17)13-7-8-16(19-2)15(18)10-13/h3-8,10,14H,9H2,1-2H3. The van der Waals surface area contributed by atoms with Crippen LogP contribution in [0.2, 0.25) is 0 Å². The van der Waals surface area contributed by atoms with Gasteiger partial charge in [0.15, 0.2) is 11.6 Å². The molecule has 0 fully saturated rings. The van der Waals surface area contributed by atoms with Crippen molar-refractivity contribution in [2.45, 2.75) is 18.2 Å². The van der Waals surface area contributed by atoms with Crippen LogP contribution in [0.4, 0.5) is 4.39 Å². The lowest BCUT2D eigenvalue weighted by Crippen LogP contribution is -1.97. The highest BCUT2D eigenvalue weighted by Gasteiger charge is 2.11. The van der Waals surface area contributed by atoms with Gasteiger partial charge in [-0.1, -0.05) is 51.8 Å². The van der Waals surface area contributed by atoms with Crippen LogP contribution < -0.4 is 4.74 Å². The molecule has 0 amide bonds. The van der Waals surface area contributed by atoms with Crippen LogP contribution in [0, 0.1) is 12.7 Å². The van der Waals surface area contributed by atoms with Crippen LogP contribution in [0.5, 0.6) is 5.75 Å². The lowest BCUT2D eigenvalue weighted by Gasteiger charge is -2.12. The number of hydrogen-bond acceptors (Lipinski definition) is 1. The topological polar surface area (TPSA) is 9.23 Å². The Kier molecular flexibility index (Phi) is 4.59. The second-order valence-electron chi connectivity index (χ2n) is 4.55. The normalized spacial score (nSPS) is 12.2. The van der Waals surface area contributed by atoms with E-state index in [4.69, 9.17) is 4.74 Å². The molecule has 0 aliphatic heterocycles. The summed E-state index contributed by atoms with van der Waals surface area (Å²) in [5, 5.41) is 0. The van der Waals surface area contributed by atoms with Crippen molar-refractivity contribution in [3.8, 4) is 5.75 Å². The minimum absolute atomic E-state index is 0.0932. The molecule has 2 rings (SSSR count). The Bertz CT molecular complexity index is 551. The molecule has 0 saturated carbocycles. The molecule has 1 unspecified atom stereocenters. The number of rotatable bonds is 4. The Balaban J connectivity index is 2.13. The molecule has 3 heteroatoms. The van der Waals surface area contributed by atoms with Gasteiger partial charge in [0.05, 0.1) is 7.11 Å². The first-order valence-corrected chi connectivity index (χ1v) is 7.05. The molecule has 1 nitrogen and oxygen atoms in total. The van der Waals surface area contributed by atoms with Gasteiger partial charge >= 0.3 is 0 Å². The fraction of sp³-hybridized carbons (Fsp3) is 0.250. The van der Waals surface area contributed by atoms with Gasteiger partial charge in [-0.2, -0.15) is 0 Å². The summed E-state index contributed by atoms with van der Waals surface area (Å²) < 4.78 is 18.6. The molecule has 0 spiro atoms. The van der Waals surface area contributed by atoms with Crippen molar-refractivity contribution in [2.75, 3.05) is 7.11 Å². The summed E-state index contributed by atoms with van der Waals surface area (Å²) in [4.78, 5) is 0.0932. The predicted octanol–water partition coefficient (Wildman–Crippen LogP) is 4.82. The zero-order chi connectivity index (χ0) is 13.8. The monoisotopic (exact) mass is 322 g/mol. The van der Waals surface area contributed by atoms with Gasteiger partial charge in [0.1, 0.15) is 0 Å². The van der Waals surface area contributed by atoms with Crippen molar-refractivity contribution in [2.24, 2.45) is 0 Å². The van der Waals surface area contributed by atoms with Crippen LogP contribution >= 0.6 is 15.9 Å². The summed E-state index contributed by atoms with van der Waals surface area (Å²) in [6.45, 7) is 2.06. The highest BCUT2D eigenvalue weighted by atomic mass is 79.9. The van der Waals surface area contributed by atoms with E-state index in [0.717, 1.165) is 12.0 Å². The van der Waals surface area contributed by atoms with Crippen LogP contribution in [-0.2, 0) is 6.42 Å². The minimum Gasteiger partial charge on any atom is -0.494 e. The van der Waals surface area contributed by atoms with Crippen LogP contribution in [0.15, 0.2) is 42.5 Å². The fourth-order valence-corrected chi connectivity index (χ4v) is 2.59. The van der Waals surface area contributed by atoms with Crippen LogP contribution in [-0.4, -0.2) is 7.11 Å². The maximum absolute atomic E-state index is 13.7. The first-order valence-electron chi connectivity index (χ1n) is 6.13. The van der Waals surface area contributed by atoms with E-state index in [0.29, 0.717) is 0 Å². The molecular weight excluding hydrogens is 307 g/mol. The van der Waals surface area contributed by atoms with Gasteiger partial charge in [-0.25, -0.2) is 4.39 Å². The number of benzene rings is 2. The van der Waals surface area contributed by atoms with Gasteiger partial charge in [0.2, 0.25) is 0 Å². The summed E-state index contributed by atoms with van der Waals surface area (Å²) in [5.41, 5.74) is 3.38. The number of hydrogen-bond donors (Lipinski definition) is 0. The zero-order valence-electron chi connectivity index (χ0n) is 11.0. The Morgan fingerprint density at radius 1 is 1.16 bits per heavy atom. The Morgan fingerprint density at radius 2 is 1.84 bits per heavy atom. The van der Waals surface area contributed by atoms with E-state index in [-0.39, 0.29) is 16.4 Å². The third kappa shape index (κ3) is 3.57. The van der Waals surface area contributed by atoms with Crippen LogP contribution in [0.1, 0.15) is 21.5 Å². The van der Waals surface area contributed by atoms with Gasteiger partial charge < -0.3 is 4.74 Å². The van der Waals surface area contributed by atoms with Crippen molar-refractivity contribution < 1.29 is 9.13 Å². The number of aryl methyl sites for hydroxylation is 1. The molecule has 0 bridgehead atoms. The quantitative estimate of drug-likeness (QED) is 0.733. The van der Waals surface area contributed by atoms with Gasteiger partial charge in [-0.15, -0.1) is 0 Å². The SMILES string of the molecule is COc1ccc(C(Br)Cc2ccc(C)cc2)cc1F. The van der Waals surface area contributed by atoms with Crippen LogP contribution in [0.25, 0.3) is 0 Å². The van der Waals surface area contributed by atoms with E-state index in [9.17, 15) is 4.39 Å². The molecule has 0 heterocycles. The first kappa shape index (κ1) is 14.1. The molecule has 1 atom stereocenters. The summed E-state index contributed by atoms with van der Waals surface area (Å²) in [6.07, 6.45) is 0.825. The van der Waals surface area contributed by atoms with Crippen molar-refractivity contribution in [3.05, 3.63) is 65.0 Å². The second-order valence-corrected chi connectivity index (χ2v) is 5.66. The lowest BCUT2D eigenvalue weighted by molar-refractivity contribution is 0.386. The molecule has 0 aliphatic rings.